The first-order valence-electron chi connectivity index (χ1n) is 4.68. The minimum atomic E-state index is -0.861. The van der Waals surface area contributed by atoms with Crippen molar-refractivity contribution >= 4 is 6.09 Å². The molecule has 4 nitrogen and oxygen atoms in total. The highest BCUT2D eigenvalue weighted by molar-refractivity contribution is 5.66. The molecule has 1 fully saturated rings. The minimum Gasteiger partial charge on any atom is -0.465 e. The van der Waals surface area contributed by atoms with Gasteiger partial charge in [0.1, 0.15) is 0 Å². The highest BCUT2D eigenvalue weighted by Gasteiger charge is 2.31. The molecule has 0 atom stereocenters. The number of rotatable bonds is 1. The molecule has 15 heavy (non-hydrogen) atoms. The van der Waals surface area contributed by atoms with Crippen LogP contribution in [0, 0.1) is 11.3 Å². The van der Waals surface area contributed by atoms with E-state index in [-0.39, 0.29) is 5.92 Å². The van der Waals surface area contributed by atoms with Crippen LogP contribution in [-0.2, 0) is 0 Å². The largest absolute Gasteiger partial charge is 0.465 e. The summed E-state index contributed by atoms with van der Waals surface area (Å²) in [5.74, 6) is 0.286. The zero-order chi connectivity index (χ0) is 10.8. The van der Waals surface area contributed by atoms with Gasteiger partial charge in [0, 0.05) is 19.0 Å². The standard InChI is InChI=1S/C11H10N2O2/c12-5-8-1-3-9(4-2-8)10-6-13(7-10)11(14)15/h1-4,10H,6-7H2,(H,14,15). The van der Waals surface area contributed by atoms with Crippen molar-refractivity contribution in [1.82, 2.24) is 4.90 Å². The van der Waals surface area contributed by atoms with Crippen LogP contribution in [0.3, 0.4) is 0 Å². The Bertz CT molecular complexity index is 413. The van der Waals surface area contributed by atoms with Gasteiger partial charge < -0.3 is 10.0 Å². The third kappa shape index (κ3) is 1.77. The molecular weight excluding hydrogens is 192 g/mol. The molecule has 2 rings (SSSR count). The molecule has 0 bridgehead atoms. The third-order valence-corrected chi connectivity index (χ3v) is 2.66. The Labute approximate surface area is 87.4 Å². The lowest BCUT2D eigenvalue weighted by atomic mass is 9.91. The van der Waals surface area contributed by atoms with Gasteiger partial charge in [0.25, 0.3) is 0 Å². The van der Waals surface area contributed by atoms with E-state index in [1.807, 2.05) is 12.1 Å². The Morgan fingerprint density at radius 1 is 1.40 bits per heavy atom. The van der Waals surface area contributed by atoms with Gasteiger partial charge in [-0.15, -0.1) is 0 Å². The summed E-state index contributed by atoms with van der Waals surface area (Å²) in [6.07, 6.45) is -0.861. The van der Waals surface area contributed by atoms with Crippen LogP contribution in [-0.4, -0.2) is 29.2 Å². The monoisotopic (exact) mass is 202 g/mol. The van der Waals surface area contributed by atoms with Crippen LogP contribution in [0.15, 0.2) is 24.3 Å². The molecule has 0 saturated carbocycles. The van der Waals surface area contributed by atoms with Gasteiger partial charge in [0.15, 0.2) is 0 Å². The summed E-state index contributed by atoms with van der Waals surface area (Å²) in [7, 11) is 0. The minimum absolute atomic E-state index is 0.286. The van der Waals surface area contributed by atoms with E-state index in [1.54, 1.807) is 12.1 Å². The lowest BCUT2D eigenvalue weighted by Crippen LogP contribution is -2.47. The van der Waals surface area contributed by atoms with Crippen molar-refractivity contribution in [2.75, 3.05) is 13.1 Å². The number of amides is 1. The zero-order valence-corrected chi connectivity index (χ0v) is 8.05. The molecular formula is C11H10N2O2. The maximum absolute atomic E-state index is 10.5. The molecule has 1 heterocycles. The van der Waals surface area contributed by atoms with Crippen LogP contribution in [0.25, 0.3) is 0 Å². The Morgan fingerprint density at radius 3 is 2.47 bits per heavy atom. The van der Waals surface area contributed by atoms with Crippen LogP contribution in [0.5, 0.6) is 0 Å². The van der Waals surface area contributed by atoms with E-state index in [0.717, 1.165) is 5.56 Å². The Hall–Kier alpha value is -2.02. The molecule has 1 aliphatic heterocycles. The second kappa shape index (κ2) is 3.62. The number of nitriles is 1. The number of carboxylic acid groups (broad SMARTS) is 1. The molecule has 1 aromatic carbocycles. The van der Waals surface area contributed by atoms with Crippen molar-refractivity contribution in [2.24, 2.45) is 0 Å². The van der Waals surface area contributed by atoms with E-state index in [2.05, 4.69) is 6.07 Å². The molecule has 0 radical (unpaired) electrons. The molecule has 1 saturated heterocycles. The number of nitrogens with zero attached hydrogens (tertiary/aromatic N) is 2. The Morgan fingerprint density at radius 2 is 2.00 bits per heavy atom. The Balaban J connectivity index is 2.02. The number of carbonyl (C=O) groups is 1. The average molecular weight is 202 g/mol. The first-order chi connectivity index (χ1) is 7.20. The number of hydrogen-bond donors (Lipinski definition) is 1. The zero-order valence-electron chi connectivity index (χ0n) is 8.05. The van der Waals surface area contributed by atoms with Gasteiger partial charge in [-0.2, -0.15) is 5.26 Å². The molecule has 0 aromatic heterocycles. The van der Waals surface area contributed by atoms with Crippen molar-refractivity contribution < 1.29 is 9.90 Å². The van der Waals surface area contributed by atoms with E-state index in [9.17, 15) is 4.79 Å². The summed E-state index contributed by atoms with van der Waals surface area (Å²) in [4.78, 5) is 11.9. The molecule has 76 valence electrons. The van der Waals surface area contributed by atoms with E-state index in [1.165, 1.54) is 4.90 Å². The predicted octanol–water partition coefficient (Wildman–Crippen LogP) is 1.64. The van der Waals surface area contributed by atoms with E-state index in [0.29, 0.717) is 18.7 Å². The van der Waals surface area contributed by atoms with Crippen molar-refractivity contribution in [1.29, 1.82) is 5.26 Å². The maximum atomic E-state index is 10.5. The molecule has 1 aliphatic rings. The van der Waals surface area contributed by atoms with Gasteiger partial charge in [-0.1, -0.05) is 12.1 Å². The summed E-state index contributed by atoms with van der Waals surface area (Å²) >= 11 is 0. The summed E-state index contributed by atoms with van der Waals surface area (Å²) in [6, 6.07) is 9.36. The molecule has 1 aromatic rings. The first-order valence-corrected chi connectivity index (χ1v) is 4.68. The number of likely N-dealkylation sites (tertiary alicyclic amines) is 1. The van der Waals surface area contributed by atoms with E-state index >= 15 is 0 Å². The van der Waals surface area contributed by atoms with Crippen LogP contribution in [0.1, 0.15) is 17.0 Å². The second-order valence-electron chi connectivity index (χ2n) is 3.62. The van der Waals surface area contributed by atoms with Crippen LogP contribution in [0.4, 0.5) is 4.79 Å². The number of benzene rings is 1. The third-order valence-electron chi connectivity index (χ3n) is 2.66. The van der Waals surface area contributed by atoms with Gasteiger partial charge in [0.2, 0.25) is 0 Å². The molecule has 1 amide bonds. The van der Waals surface area contributed by atoms with Crippen LogP contribution >= 0.6 is 0 Å². The molecule has 4 heteroatoms. The quantitative estimate of drug-likeness (QED) is 0.752. The summed E-state index contributed by atoms with van der Waals surface area (Å²) in [6.45, 7) is 1.11. The highest BCUT2D eigenvalue weighted by Crippen LogP contribution is 2.26. The maximum Gasteiger partial charge on any atom is 0.407 e. The van der Waals surface area contributed by atoms with Gasteiger partial charge in [-0.25, -0.2) is 4.79 Å². The van der Waals surface area contributed by atoms with Crippen molar-refractivity contribution in [3.05, 3.63) is 35.4 Å². The average Bonchev–Trinajstić information content (AvgIpc) is 2.16. The summed E-state index contributed by atoms with van der Waals surface area (Å²) in [5.41, 5.74) is 1.74. The molecule has 0 aliphatic carbocycles. The summed E-state index contributed by atoms with van der Waals surface area (Å²) in [5, 5.41) is 17.3. The summed E-state index contributed by atoms with van der Waals surface area (Å²) < 4.78 is 0. The van der Waals surface area contributed by atoms with Crippen LogP contribution in [0.2, 0.25) is 0 Å². The smallest absolute Gasteiger partial charge is 0.407 e. The molecule has 0 spiro atoms. The lowest BCUT2D eigenvalue weighted by molar-refractivity contribution is 0.105. The van der Waals surface area contributed by atoms with Crippen molar-refractivity contribution in [3.8, 4) is 6.07 Å². The fourth-order valence-corrected chi connectivity index (χ4v) is 1.68. The first kappa shape index (κ1) is 9.53. The molecule has 0 unspecified atom stereocenters. The van der Waals surface area contributed by atoms with Crippen molar-refractivity contribution in [3.63, 3.8) is 0 Å². The SMILES string of the molecule is N#Cc1ccc(C2CN(C(=O)O)C2)cc1. The Kier molecular flexibility index (Phi) is 2.30. The highest BCUT2D eigenvalue weighted by atomic mass is 16.4. The van der Waals surface area contributed by atoms with Gasteiger partial charge in [-0.3, -0.25) is 0 Å². The van der Waals surface area contributed by atoms with Gasteiger partial charge in [0.05, 0.1) is 11.6 Å². The fourth-order valence-electron chi connectivity index (χ4n) is 1.68. The van der Waals surface area contributed by atoms with E-state index in [4.69, 9.17) is 10.4 Å². The van der Waals surface area contributed by atoms with Gasteiger partial charge in [-0.05, 0) is 17.7 Å². The second-order valence-corrected chi connectivity index (χ2v) is 3.62. The topological polar surface area (TPSA) is 64.3 Å². The predicted molar refractivity (Wildman–Crippen MR) is 53.5 cm³/mol. The van der Waals surface area contributed by atoms with Gasteiger partial charge >= 0.3 is 6.09 Å². The van der Waals surface area contributed by atoms with Crippen LogP contribution < -0.4 is 0 Å². The van der Waals surface area contributed by atoms with Crippen molar-refractivity contribution in [2.45, 2.75) is 5.92 Å². The lowest BCUT2D eigenvalue weighted by Gasteiger charge is -2.37. The normalized spacial score (nSPS) is 15.5. The number of hydrogen-bond acceptors (Lipinski definition) is 2. The molecule has 1 N–H and O–H groups in total. The fraction of sp³-hybridized carbons (Fsp3) is 0.273. The van der Waals surface area contributed by atoms with E-state index < -0.39 is 6.09 Å².